The fraction of sp³-hybridized carbons (Fsp3) is 0. The summed E-state index contributed by atoms with van der Waals surface area (Å²) < 4.78 is 29.8. The first-order valence-electron chi connectivity index (χ1n) is 4.34. The Labute approximate surface area is 107 Å². The van der Waals surface area contributed by atoms with Crippen molar-refractivity contribution in [2.24, 2.45) is 0 Å². The van der Waals surface area contributed by atoms with Crippen LogP contribution in [0.2, 0.25) is 5.02 Å². The molecule has 0 aliphatic rings. The summed E-state index contributed by atoms with van der Waals surface area (Å²) in [5.74, 6) is 0. The zero-order chi connectivity index (χ0) is 12.5. The van der Waals surface area contributed by atoms with E-state index in [4.69, 9.17) is 17.3 Å². The van der Waals surface area contributed by atoms with E-state index in [1.807, 2.05) is 0 Å². The van der Waals surface area contributed by atoms with Gasteiger partial charge in [0.2, 0.25) is 0 Å². The lowest BCUT2D eigenvalue weighted by molar-refractivity contribution is 0.601. The van der Waals surface area contributed by atoms with Crippen LogP contribution in [0.4, 0.5) is 10.7 Å². The highest BCUT2D eigenvalue weighted by Crippen LogP contribution is 2.26. The smallest absolute Gasteiger partial charge is 0.264 e. The van der Waals surface area contributed by atoms with E-state index in [9.17, 15) is 8.42 Å². The van der Waals surface area contributed by atoms with Crippen molar-refractivity contribution in [3.63, 3.8) is 0 Å². The van der Waals surface area contributed by atoms with Gasteiger partial charge in [0, 0.05) is 17.2 Å². The number of nitrogens with one attached hydrogen (secondary N) is 1. The van der Waals surface area contributed by atoms with Crippen molar-refractivity contribution < 1.29 is 8.42 Å². The van der Waals surface area contributed by atoms with Gasteiger partial charge in [0.05, 0.1) is 11.2 Å². The number of benzene rings is 1. The molecule has 0 unspecified atom stereocenters. The number of rotatable bonds is 3. The Morgan fingerprint density at radius 3 is 2.76 bits per heavy atom. The van der Waals surface area contributed by atoms with E-state index in [1.165, 1.54) is 24.4 Å². The molecule has 0 amide bonds. The number of aromatic nitrogens is 2. The van der Waals surface area contributed by atoms with Crippen molar-refractivity contribution in [2.75, 3.05) is 10.5 Å². The highest BCUT2D eigenvalue weighted by molar-refractivity contribution is 7.93. The van der Waals surface area contributed by atoms with E-state index in [1.54, 1.807) is 0 Å². The molecule has 0 aliphatic heterocycles. The van der Waals surface area contributed by atoms with Gasteiger partial charge in [-0.2, -0.15) is 0 Å². The molecule has 0 saturated carbocycles. The monoisotopic (exact) mass is 290 g/mol. The lowest BCUT2D eigenvalue weighted by Gasteiger charge is -2.07. The van der Waals surface area contributed by atoms with Crippen molar-refractivity contribution in [1.82, 2.24) is 9.59 Å². The first-order valence-corrected chi connectivity index (χ1v) is 6.98. The molecular weight excluding hydrogens is 284 g/mol. The first-order chi connectivity index (χ1) is 7.99. The van der Waals surface area contributed by atoms with Gasteiger partial charge in [0.15, 0.2) is 0 Å². The van der Waals surface area contributed by atoms with Crippen LogP contribution in [0.25, 0.3) is 0 Å². The summed E-state index contributed by atoms with van der Waals surface area (Å²) in [6.45, 7) is 0. The highest BCUT2D eigenvalue weighted by atomic mass is 35.5. The Morgan fingerprint density at radius 2 is 2.18 bits per heavy atom. The Kier molecular flexibility index (Phi) is 3.18. The Bertz CT molecular complexity index is 627. The lowest BCUT2D eigenvalue weighted by Crippen LogP contribution is -2.12. The molecule has 2 aromatic rings. The third-order valence-electron chi connectivity index (χ3n) is 1.84. The quantitative estimate of drug-likeness (QED) is 0.836. The number of anilines is 2. The second-order valence-corrected chi connectivity index (χ2v) is 5.92. The molecule has 0 atom stereocenters. The molecule has 0 aliphatic carbocycles. The van der Waals surface area contributed by atoms with Crippen molar-refractivity contribution in [1.29, 1.82) is 0 Å². The van der Waals surface area contributed by atoms with E-state index >= 15 is 0 Å². The number of halogens is 1. The van der Waals surface area contributed by atoms with Gasteiger partial charge in [-0.05, 0) is 18.2 Å². The molecule has 1 aromatic heterocycles. The van der Waals surface area contributed by atoms with Crippen molar-refractivity contribution in [3.8, 4) is 0 Å². The average Bonchev–Trinajstić information content (AvgIpc) is 2.68. The first kappa shape index (κ1) is 12.1. The molecule has 1 aromatic carbocycles. The zero-order valence-corrected chi connectivity index (χ0v) is 10.7. The molecule has 0 bridgehead atoms. The third kappa shape index (κ3) is 2.65. The van der Waals surface area contributed by atoms with Crippen LogP contribution in [0.5, 0.6) is 0 Å². The molecule has 0 saturated heterocycles. The second-order valence-electron chi connectivity index (χ2n) is 3.08. The van der Waals surface area contributed by atoms with Gasteiger partial charge in [-0.3, -0.25) is 4.72 Å². The third-order valence-corrected chi connectivity index (χ3v) is 4.40. The largest absolute Gasteiger partial charge is 0.399 e. The number of sulfonamides is 1. The van der Waals surface area contributed by atoms with Crippen LogP contribution < -0.4 is 10.5 Å². The summed E-state index contributed by atoms with van der Waals surface area (Å²) in [6.07, 6.45) is 1.31. The Hall–Kier alpha value is -1.38. The van der Waals surface area contributed by atoms with Gasteiger partial charge in [0.25, 0.3) is 10.0 Å². The van der Waals surface area contributed by atoms with E-state index in [2.05, 4.69) is 14.3 Å². The average molecular weight is 291 g/mol. The molecular formula is C8H7ClN4O2S2. The molecule has 0 fully saturated rings. The van der Waals surface area contributed by atoms with Gasteiger partial charge in [-0.15, -0.1) is 5.10 Å². The number of nitrogens with zero attached hydrogens (tertiary/aromatic N) is 2. The predicted octanol–water partition coefficient (Wildman–Crippen LogP) is 1.57. The second kappa shape index (κ2) is 4.47. The Morgan fingerprint density at radius 1 is 1.41 bits per heavy atom. The van der Waals surface area contributed by atoms with E-state index in [0.29, 0.717) is 10.7 Å². The maximum Gasteiger partial charge on any atom is 0.264 e. The fourth-order valence-electron chi connectivity index (χ4n) is 1.13. The molecule has 0 spiro atoms. The van der Waals surface area contributed by atoms with Crippen molar-refractivity contribution in [2.45, 2.75) is 4.90 Å². The number of nitrogens with two attached hydrogens (primary N) is 1. The molecule has 6 nitrogen and oxygen atoms in total. The molecule has 0 radical (unpaired) electrons. The zero-order valence-electron chi connectivity index (χ0n) is 8.29. The van der Waals surface area contributed by atoms with Crippen molar-refractivity contribution >= 4 is 43.8 Å². The van der Waals surface area contributed by atoms with Gasteiger partial charge in [-0.1, -0.05) is 16.1 Å². The molecule has 2 rings (SSSR count). The summed E-state index contributed by atoms with van der Waals surface area (Å²) in [4.78, 5) is -0.0400. The fourth-order valence-corrected chi connectivity index (χ4v) is 3.37. The van der Waals surface area contributed by atoms with Crippen LogP contribution in [-0.4, -0.2) is 18.0 Å². The van der Waals surface area contributed by atoms with Crippen LogP contribution in [0.1, 0.15) is 0 Å². The summed E-state index contributed by atoms with van der Waals surface area (Å²) in [7, 11) is -3.74. The summed E-state index contributed by atoms with van der Waals surface area (Å²) in [6, 6.07) is 4.18. The van der Waals surface area contributed by atoms with Crippen LogP contribution in [0.3, 0.4) is 0 Å². The van der Waals surface area contributed by atoms with E-state index in [-0.39, 0.29) is 9.92 Å². The SMILES string of the molecule is Nc1ccc(S(=O)(=O)Nc2cnns2)c(Cl)c1. The summed E-state index contributed by atoms with van der Waals surface area (Å²) in [5, 5.41) is 3.91. The number of hydrogen-bond donors (Lipinski definition) is 2. The van der Waals surface area contributed by atoms with Gasteiger partial charge in [-0.25, -0.2) is 8.42 Å². The molecule has 9 heteroatoms. The molecule has 3 N–H and O–H groups in total. The minimum Gasteiger partial charge on any atom is -0.399 e. The molecule has 90 valence electrons. The summed E-state index contributed by atoms with van der Waals surface area (Å²) >= 11 is 6.76. The van der Waals surface area contributed by atoms with Gasteiger partial charge in [0.1, 0.15) is 9.90 Å². The number of nitrogen functional groups attached to an aromatic ring is 1. The maximum atomic E-state index is 11.9. The standard InChI is InChI=1S/C8H7ClN4O2S2/c9-6-3-5(10)1-2-7(6)17(14,15)12-8-4-11-13-16-8/h1-4,12H,10H2. The van der Waals surface area contributed by atoms with Crippen LogP contribution >= 0.6 is 23.1 Å². The van der Waals surface area contributed by atoms with Gasteiger partial charge < -0.3 is 5.73 Å². The molecule has 1 heterocycles. The minimum absolute atomic E-state index is 0.0400. The number of hydrogen-bond acceptors (Lipinski definition) is 6. The van der Waals surface area contributed by atoms with Crippen LogP contribution in [-0.2, 0) is 10.0 Å². The predicted molar refractivity (Wildman–Crippen MR) is 66.6 cm³/mol. The summed E-state index contributed by atoms with van der Waals surface area (Å²) in [5.41, 5.74) is 5.89. The van der Waals surface area contributed by atoms with Crippen LogP contribution in [0, 0.1) is 0 Å². The highest BCUT2D eigenvalue weighted by Gasteiger charge is 2.18. The maximum absolute atomic E-state index is 11.9. The molecule has 17 heavy (non-hydrogen) atoms. The lowest BCUT2D eigenvalue weighted by atomic mass is 10.3. The minimum atomic E-state index is -3.74. The van der Waals surface area contributed by atoms with E-state index in [0.717, 1.165) is 11.5 Å². The van der Waals surface area contributed by atoms with Crippen LogP contribution in [0.15, 0.2) is 29.3 Å². The Balaban J connectivity index is 2.38. The van der Waals surface area contributed by atoms with Crippen molar-refractivity contribution in [3.05, 3.63) is 29.4 Å². The normalized spacial score (nSPS) is 11.4. The topological polar surface area (TPSA) is 98.0 Å². The van der Waals surface area contributed by atoms with Gasteiger partial charge >= 0.3 is 0 Å². The van der Waals surface area contributed by atoms with E-state index < -0.39 is 10.0 Å².